The van der Waals surface area contributed by atoms with E-state index in [0.29, 0.717) is 0 Å². The Morgan fingerprint density at radius 3 is 0.661 bits per heavy atom. The number of hydrogen-bond acceptors (Lipinski definition) is 0. The van der Waals surface area contributed by atoms with Crippen LogP contribution in [0.1, 0.15) is 38.9 Å². The topological polar surface area (TPSA) is 0 Å². The van der Waals surface area contributed by atoms with Crippen LogP contribution in [0.2, 0.25) is 118 Å². The minimum atomic E-state index is -3.19. The van der Waals surface area contributed by atoms with Crippen LogP contribution in [-0.4, -0.2) is 56.5 Å². The molecule has 4 aromatic carbocycles. The van der Waals surface area contributed by atoms with Crippen LogP contribution in [0.3, 0.4) is 0 Å². The number of rotatable bonds is 10. The quantitative estimate of drug-likeness (QED) is 0.111. The molecule has 0 N–H and O–H groups in total. The second kappa shape index (κ2) is 19.3. The molecule has 326 valence electrons. The molecule has 0 radical (unpaired) electrons. The maximum atomic E-state index is 2.73. The Bertz CT molecular complexity index is 1820. The van der Waals surface area contributed by atoms with Crippen molar-refractivity contribution in [2.45, 2.75) is 166 Å². The van der Waals surface area contributed by atoms with Crippen molar-refractivity contribution in [3.05, 3.63) is 75.3 Å². The van der Waals surface area contributed by atoms with Crippen LogP contribution in [0.25, 0.3) is 0 Å². The molecule has 4 aromatic rings. The SMILES string of the molecule is Cc1cc([Si](C)(C)C)c([Si](c2c([Si](C)(C)C)cc(C)cc2[Si](C)(C)C)(c2c([Si](C)(C)C)cc(C)cc2[Si](C)(C)C)c2c(C)c(C)c(C)[c-]2C)c([Si](C)(C)C)c1.[Cl-].[Cl-].[Cl-].[Ti+4]. The number of halogens is 3. The fourth-order valence-corrected chi connectivity index (χ4v) is 35.3. The summed E-state index contributed by atoms with van der Waals surface area (Å²) in [7, 11) is -14.8. The molecule has 0 aliphatic rings. The largest absolute Gasteiger partial charge is 4.00 e. The van der Waals surface area contributed by atoms with Gasteiger partial charge in [-0.15, -0.1) is 0 Å². The van der Waals surface area contributed by atoms with Crippen LogP contribution in [0.15, 0.2) is 36.4 Å². The van der Waals surface area contributed by atoms with E-state index in [4.69, 9.17) is 0 Å². The zero-order chi connectivity index (χ0) is 42.6. The standard InChI is InChI=1S/C48H81Si7.3ClH.Ti/c1-32-26-39(49(8,9)10)46(40(27-32)50(11,12)13)55(45-37(6)35(4)36(5)38(45)7,47-41(51(14,15)16)28-33(2)29-42(47)52(17,18)19)48-43(53(20,21)22)30-34(3)31-44(48)54(23,24)25;;;;/h26-31H,1-25H3;3*1H;/q-1;;;;+4/p-3. The second-order valence-corrected chi connectivity index (χ2v) is 57.6. The Balaban J connectivity index is 0.00000841. The van der Waals surface area contributed by atoms with Gasteiger partial charge in [-0.25, -0.2) is 0 Å². The van der Waals surface area contributed by atoms with Gasteiger partial charge in [-0.05, 0) is 36.3 Å². The van der Waals surface area contributed by atoms with Gasteiger partial charge in [0.25, 0.3) is 0 Å². The molecule has 4 rings (SSSR count). The summed E-state index contributed by atoms with van der Waals surface area (Å²) in [5.74, 6) is 0. The monoisotopic (exact) mass is 1010 g/mol. The minimum absolute atomic E-state index is 0. The van der Waals surface area contributed by atoms with Gasteiger partial charge >= 0.3 is 21.7 Å². The molecule has 0 bridgehead atoms. The summed E-state index contributed by atoms with van der Waals surface area (Å²) >= 11 is 0. The van der Waals surface area contributed by atoms with E-state index in [9.17, 15) is 0 Å². The average molecular weight is 1010 g/mol. The number of hydrogen-bond donors (Lipinski definition) is 0. The summed E-state index contributed by atoms with van der Waals surface area (Å²) in [6, 6.07) is 16.4. The van der Waals surface area contributed by atoms with E-state index in [1.54, 1.807) is 47.4 Å². The third kappa shape index (κ3) is 11.1. The zero-order valence-corrected chi connectivity index (χ0v) is 52.9. The van der Waals surface area contributed by atoms with Gasteiger partial charge in [0, 0.05) is 0 Å². The number of benzene rings is 3. The first-order valence-corrected chi connectivity index (χ1v) is 44.2. The van der Waals surface area contributed by atoms with Crippen LogP contribution in [-0.2, 0) is 21.7 Å². The molecular formula is C48H81Cl3Si7Ti. The van der Waals surface area contributed by atoms with Crippen LogP contribution in [0, 0.1) is 48.5 Å². The molecule has 0 aromatic heterocycles. The van der Waals surface area contributed by atoms with Crippen molar-refractivity contribution in [2.75, 3.05) is 0 Å². The van der Waals surface area contributed by atoms with Gasteiger partial charge in [0.2, 0.25) is 0 Å². The van der Waals surface area contributed by atoms with E-state index < -0.39 is 56.5 Å². The smallest absolute Gasteiger partial charge is 1.00 e. The fourth-order valence-electron chi connectivity index (χ4n) is 9.65. The second-order valence-electron chi connectivity index (χ2n) is 23.8. The fraction of sp³-hybridized carbons (Fsp3) is 0.521. The van der Waals surface area contributed by atoms with Crippen LogP contribution < -0.4 is 89.1 Å². The molecule has 0 amide bonds. The summed E-state index contributed by atoms with van der Waals surface area (Å²) in [4.78, 5) is 0. The van der Waals surface area contributed by atoms with E-state index in [1.807, 2.05) is 15.6 Å². The van der Waals surface area contributed by atoms with Crippen LogP contribution >= 0.6 is 0 Å². The van der Waals surface area contributed by atoms with Crippen molar-refractivity contribution in [3.8, 4) is 0 Å². The van der Waals surface area contributed by atoms with Gasteiger partial charge in [-0.1, -0.05) is 230 Å². The average Bonchev–Trinajstić information content (AvgIpc) is 3.17. The predicted octanol–water partition coefficient (Wildman–Crippen LogP) is -0.777. The summed E-state index contributed by atoms with van der Waals surface area (Å²) in [5, 5.41) is 17.8. The molecule has 0 saturated heterocycles. The Morgan fingerprint density at radius 1 is 0.339 bits per heavy atom. The molecule has 0 heterocycles. The molecule has 0 unspecified atom stereocenters. The van der Waals surface area contributed by atoms with Crippen molar-refractivity contribution < 1.29 is 58.9 Å². The first kappa shape index (κ1) is 59.1. The molecular weight excluding hydrogens is 927 g/mol. The van der Waals surface area contributed by atoms with Gasteiger partial charge in [0.1, 0.15) is 0 Å². The molecule has 0 aliphatic heterocycles. The van der Waals surface area contributed by atoms with E-state index in [-0.39, 0.29) is 58.9 Å². The molecule has 0 fully saturated rings. The van der Waals surface area contributed by atoms with Crippen LogP contribution in [0.5, 0.6) is 0 Å². The van der Waals surface area contributed by atoms with Crippen molar-refractivity contribution in [3.63, 3.8) is 0 Å². The number of aryl methyl sites for hydroxylation is 3. The summed E-state index contributed by atoms with van der Waals surface area (Å²) < 4.78 is 0. The first-order valence-electron chi connectivity index (χ1n) is 21.2. The third-order valence-corrected chi connectivity index (χ3v) is 31.6. The van der Waals surface area contributed by atoms with Gasteiger partial charge in [0.15, 0.2) is 8.07 Å². The van der Waals surface area contributed by atoms with Gasteiger partial charge < -0.3 is 37.2 Å². The summed E-state index contributed by atoms with van der Waals surface area (Å²) in [5.41, 5.74) is 10.6. The van der Waals surface area contributed by atoms with Crippen molar-refractivity contribution in [2.24, 2.45) is 0 Å². The summed E-state index contributed by atoms with van der Waals surface area (Å²) in [6.45, 7) is 65.3. The van der Waals surface area contributed by atoms with E-state index in [2.05, 4.69) is 203 Å². The molecule has 11 heteroatoms. The molecule has 0 atom stereocenters. The maximum absolute atomic E-state index is 3.19. The van der Waals surface area contributed by atoms with Crippen LogP contribution in [0.4, 0.5) is 0 Å². The summed E-state index contributed by atoms with van der Waals surface area (Å²) in [6.07, 6.45) is 0. The maximum Gasteiger partial charge on any atom is 4.00 e. The van der Waals surface area contributed by atoms with Crippen molar-refractivity contribution in [1.82, 2.24) is 0 Å². The minimum Gasteiger partial charge on any atom is -1.00 e. The Hall–Kier alpha value is 0.112. The van der Waals surface area contributed by atoms with E-state index in [0.717, 1.165) is 0 Å². The molecule has 59 heavy (non-hydrogen) atoms. The van der Waals surface area contributed by atoms with Gasteiger partial charge in [-0.3, -0.25) is 0 Å². The molecule has 0 nitrogen and oxygen atoms in total. The Kier molecular flexibility index (Phi) is 19.3. The molecule has 0 aliphatic carbocycles. The van der Waals surface area contributed by atoms with Gasteiger partial charge in [-0.2, -0.15) is 27.4 Å². The van der Waals surface area contributed by atoms with Gasteiger partial charge in [0.05, 0.1) is 48.4 Å². The zero-order valence-electron chi connectivity index (χ0n) is 42.1. The van der Waals surface area contributed by atoms with E-state index in [1.165, 1.54) is 27.8 Å². The Labute approximate surface area is 405 Å². The first-order chi connectivity index (χ1) is 24.5. The van der Waals surface area contributed by atoms with E-state index >= 15 is 0 Å². The normalized spacial score (nSPS) is 13.0. The molecule has 0 spiro atoms. The molecule has 0 saturated carbocycles. The van der Waals surface area contributed by atoms with Crippen molar-refractivity contribution >= 4 is 108 Å². The Morgan fingerprint density at radius 2 is 0.525 bits per heavy atom. The predicted molar refractivity (Wildman–Crippen MR) is 277 cm³/mol. The van der Waals surface area contributed by atoms with Crippen molar-refractivity contribution in [1.29, 1.82) is 0 Å². The third-order valence-electron chi connectivity index (χ3n) is 12.6.